The van der Waals surface area contributed by atoms with Crippen molar-refractivity contribution in [1.82, 2.24) is 0 Å². The van der Waals surface area contributed by atoms with E-state index in [1.54, 1.807) is 37.4 Å². The van der Waals surface area contributed by atoms with E-state index in [2.05, 4.69) is 0 Å². The Morgan fingerprint density at radius 3 is 2.73 bits per heavy atom. The molecule has 0 saturated heterocycles. The number of methoxy groups -OCH3 is 1. The maximum absolute atomic E-state index is 13.0. The molecule has 1 aliphatic rings. The molecule has 2 aromatic rings. The monoisotopic (exact) mass is 483 g/mol. The third kappa shape index (κ3) is 7.23. The second-order valence-corrected chi connectivity index (χ2v) is 9.09. The van der Waals surface area contributed by atoms with Gasteiger partial charge in [0.1, 0.15) is 17.6 Å². The van der Waals surface area contributed by atoms with Gasteiger partial charge in [-0.15, -0.1) is 0 Å². The number of rotatable bonds is 12. The van der Waals surface area contributed by atoms with E-state index in [1.165, 1.54) is 6.07 Å². The molecule has 2 aromatic carbocycles. The van der Waals surface area contributed by atoms with Gasteiger partial charge in [0.15, 0.2) is 0 Å². The number of nitrogens with two attached hydrogens (primary N) is 1. The lowest BCUT2D eigenvalue weighted by molar-refractivity contribution is -0.0496. The molecular formula is C23H27F2NO6S. The molecule has 0 fully saturated rings. The zero-order valence-electron chi connectivity index (χ0n) is 18.2. The van der Waals surface area contributed by atoms with Crippen LogP contribution in [0.4, 0.5) is 8.78 Å². The summed E-state index contributed by atoms with van der Waals surface area (Å²) in [5.74, 6) is 0.0515. The minimum absolute atomic E-state index is 0.0126. The molecule has 0 spiro atoms. The summed E-state index contributed by atoms with van der Waals surface area (Å²) in [4.78, 5) is 0. The highest BCUT2D eigenvalue weighted by Crippen LogP contribution is 2.48. The van der Waals surface area contributed by atoms with Crippen LogP contribution < -0.4 is 14.6 Å². The van der Waals surface area contributed by atoms with Gasteiger partial charge >= 0.3 is 6.61 Å². The van der Waals surface area contributed by atoms with Crippen LogP contribution in [0.3, 0.4) is 0 Å². The number of hydrogen-bond acceptors (Lipinski definition) is 6. The molecule has 3 rings (SSSR count). The van der Waals surface area contributed by atoms with Crippen molar-refractivity contribution in [2.75, 3.05) is 26.9 Å². The SMILES string of the molecule is COCCCOC/C=C/CC1Oc2cccc(OC(F)F)c2-c2ccc(CS(N)(=O)=O)cc21. The normalized spacial score (nSPS) is 15.4. The third-order valence-corrected chi connectivity index (χ3v) is 5.68. The van der Waals surface area contributed by atoms with E-state index in [1.807, 2.05) is 12.2 Å². The second kappa shape index (κ2) is 11.6. The maximum atomic E-state index is 13.0. The molecule has 0 bridgehead atoms. The van der Waals surface area contributed by atoms with E-state index in [0.29, 0.717) is 54.2 Å². The van der Waals surface area contributed by atoms with Crippen molar-refractivity contribution < 1.29 is 36.1 Å². The highest BCUT2D eigenvalue weighted by molar-refractivity contribution is 7.88. The highest BCUT2D eigenvalue weighted by atomic mass is 32.2. The fraction of sp³-hybridized carbons (Fsp3) is 0.391. The Kier molecular flexibility index (Phi) is 8.79. The summed E-state index contributed by atoms with van der Waals surface area (Å²) in [5.41, 5.74) is 2.18. The first-order valence-electron chi connectivity index (χ1n) is 10.4. The Labute approximate surface area is 192 Å². The average Bonchev–Trinajstić information content (AvgIpc) is 2.74. The third-order valence-electron chi connectivity index (χ3n) is 4.94. The minimum atomic E-state index is -3.74. The molecular weight excluding hydrogens is 456 g/mol. The Morgan fingerprint density at radius 2 is 2.00 bits per heavy atom. The van der Waals surface area contributed by atoms with Gasteiger partial charge in [-0.05, 0) is 29.7 Å². The van der Waals surface area contributed by atoms with Gasteiger partial charge in [-0.25, -0.2) is 13.6 Å². The molecule has 0 radical (unpaired) electrons. The number of benzene rings is 2. The zero-order valence-corrected chi connectivity index (χ0v) is 19.0. The van der Waals surface area contributed by atoms with Gasteiger partial charge in [0.05, 0.1) is 17.9 Å². The van der Waals surface area contributed by atoms with Gasteiger partial charge in [-0.1, -0.05) is 36.4 Å². The van der Waals surface area contributed by atoms with Gasteiger partial charge < -0.3 is 18.9 Å². The molecule has 180 valence electrons. The summed E-state index contributed by atoms with van der Waals surface area (Å²) < 4.78 is 70.3. The Bertz CT molecular complexity index is 1070. The molecule has 7 nitrogen and oxygen atoms in total. The summed E-state index contributed by atoms with van der Waals surface area (Å²) in [6, 6.07) is 9.69. The van der Waals surface area contributed by atoms with Crippen molar-refractivity contribution in [1.29, 1.82) is 0 Å². The molecule has 0 saturated carbocycles. The second-order valence-electron chi connectivity index (χ2n) is 7.47. The molecule has 1 heterocycles. The van der Waals surface area contributed by atoms with Crippen molar-refractivity contribution in [3.63, 3.8) is 0 Å². The van der Waals surface area contributed by atoms with Crippen LogP contribution in [0.25, 0.3) is 11.1 Å². The van der Waals surface area contributed by atoms with Gasteiger partial charge in [-0.3, -0.25) is 0 Å². The molecule has 2 N–H and O–H groups in total. The van der Waals surface area contributed by atoms with Crippen molar-refractivity contribution in [2.45, 2.75) is 31.3 Å². The number of hydrogen-bond donors (Lipinski definition) is 1. The van der Waals surface area contributed by atoms with E-state index in [-0.39, 0.29) is 11.5 Å². The number of alkyl halides is 2. The fourth-order valence-corrected chi connectivity index (χ4v) is 4.28. The lowest BCUT2D eigenvalue weighted by Gasteiger charge is -2.30. The summed E-state index contributed by atoms with van der Waals surface area (Å²) >= 11 is 0. The van der Waals surface area contributed by atoms with Crippen molar-refractivity contribution >= 4 is 10.0 Å². The first-order chi connectivity index (χ1) is 15.8. The van der Waals surface area contributed by atoms with Crippen molar-refractivity contribution in [3.05, 3.63) is 59.7 Å². The Balaban J connectivity index is 1.86. The van der Waals surface area contributed by atoms with Crippen molar-refractivity contribution in [3.8, 4) is 22.6 Å². The van der Waals surface area contributed by atoms with E-state index in [4.69, 9.17) is 24.1 Å². The van der Waals surface area contributed by atoms with Crippen LogP contribution in [-0.4, -0.2) is 42.0 Å². The number of sulfonamides is 1. The van der Waals surface area contributed by atoms with Crippen LogP contribution in [0.2, 0.25) is 0 Å². The first kappa shape index (κ1) is 25.1. The van der Waals surface area contributed by atoms with Crippen LogP contribution >= 0.6 is 0 Å². The van der Waals surface area contributed by atoms with E-state index >= 15 is 0 Å². The van der Waals surface area contributed by atoms with Crippen molar-refractivity contribution in [2.24, 2.45) is 5.14 Å². The van der Waals surface area contributed by atoms with Gasteiger partial charge in [0, 0.05) is 32.3 Å². The molecule has 0 amide bonds. The fourth-order valence-electron chi connectivity index (χ4n) is 3.63. The molecule has 10 heteroatoms. The molecule has 1 aliphatic heterocycles. The minimum Gasteiger partial charge on any atom is -0.485 e. The van der Waals surface area contributed by atoms with Gasteiger partial charge in [0.2, 0.25) is 10.0 Å². The largest absolute Gasteiger partial charge is 0.485 e. The predicted octanol–water partition coefficient (Wildman–Crippen LogP) is 4.18. The van der Waals surface area contributed by atoms with Crippen LogP contribution in [-0.2, 0) is 25.2 Å². The molecule has 0 aliphatic carbocycles. The van der Waals surface area contributed by atoms with Gasteiger partial charge in [-0.2, -0.15) is 8.78 Å². The maximum Gasteiger partial charge on any atom is 0.387 e. The van der Waals surface area contributed by atoms with Crippen LogP contribution in [0.5, 0.6) is 11.5 Å². The highest BCUT2D eigenvalue weighted by Gasteiger charge is 2.29. The quantitative estimate of drug-likeness (QED) is 0.359. The topological polar surface area (TPSA) is 97.1 Å². The molecule has 33 heavy (non-hydrogen) atoms. The standard InChI is InChI=1S/C23H27F2NO6S/c1-29-11-5-13-30-12-3-2-6-19-18-14-16(15-33(26,27)28)9-10-17(18)22-20(31-19)7-4-8-21(22)32-23(24)25/h2-4,7-10,14,19,23H,5-6,11-13,15H2,1H3,(H2,26,27,28)/b3-2+. The lowest BCUT2D eigenvalue weighted by atomic mass is 9.89. The van der Waals surface area contributed by atoms with Crippen LogP contribution in [0, 0.1) is 0 Å². The van der Waals surface area contributed by atoms with E-state index in [0.717, 1.165) is 6.42 Å². The van der Waals surface area contributed by atoms with Crippen LogP contribution in [0.1, 0.15) is 30.1 Å². The summed E-state index contributed by atoms with van der Waals surface area (Å²) in [6.45, 7) is -1.35. The predicted molar refractivity (Wildman–Crippen MR) is 120 cm³/mol. The summed E-state index contributed by atoms with van der Waals surface area (Å²) in [7, 11) is -2.11. The average molecular weight is 484 g/mol. The zero-order chi connectivity index (χ0) is 23.8. The number of halogens is 2. The smallest absolute Gasteiger partial charge is 0.387 e. The molecule has 1 atom stereocenters. The Morgan fingerprint density at radius 1 is 1.18 bits per heavy atom. The summed E-state index contributed by atoms with van der Waals surface area (Å²) in [6.07, 6.45) is 4.58. The molecule has 0 aromatic heterocycles. The first-order valence-corrected chi connectivity index (χ1v) is 12.1. The van der Waals surface area contributed by atoms with Gasteiger partial charge in [0.25, 0.3) is 0 Å². The number of fused-ring (bicyclic) bond motifs is 3. The van der Waals surface area contributed by atoms with Crippen LogP contribution in [0.15, 0.2) is 48.6 Å². The summed E-state index contributed by atoms with van der Waals surface area (Å²) in [5, 5.41) is 5.20. The number of ether oxygens (including phenoxy) is 4. The molecule has 1 unspecified atom stereocenters. The lowest BCUT2D eigenvalue weighted by Crippen LogP contribution is -2.17. The van der Waals surface area contributed by atoms with E-state index < -0.39 is 22.7 Å². The number of primary sulfonamides is 1. The Hall–Kier alpha value is -2.53. The van der Waals surface area contributed by atoms with E-state index in [9.17, 15) is 17.2 Å².